The van der Waals surface area contributed by atoms with Crippen molar-refractivity contribution >= 4 is 23.4 Å². The molecule has 1 saturated heterocycles. The predicted molar refractivity (Wildman–Crippen MR) is 107 cm³/mol. The molecule has 2 aliphatic rings. The van der Waals surface area contributed by atoms with E-state index in [0.717, 1.165) is 25.2 Å². The van der Waals surface area contributed by atoms with Gasteiger partial charge in [-0.2, -0.15) is 0 Å². The summed E-state index contributed by atoms with van der Waals surface area (Å²) >= 11 is 6.30. The first-order valence-electron chi connectivity index (χ1n) is 9.56. The van der Waals surface area contributed by atoms with Gasteiger partial charge in [0.2, 0.25) is 0 Å². The lowest BCUT2D eigenvalue weighted by Crippen LogP contribution is -3.13. The minimum absolute atomic E-state index is 0.0486. The maximum absolute atomic E-state index is 12.9. The highest BCUT2D eigenvalue weighted by Crippen LogP contribution is 2.28. The Morgan fingerprint density at radius 3 is 2.00 bits per heavy atom. The molecule has 0 saturated carbocycles. The monoisotopic (exact) mass is 396 g/mol. The minimum Gasteiger partial charge on any atom is -0.354 e. The Kier molecular flexibility index (Phi) is 5.46. The van der Waals surface area contributed by atoms with Crippen molar-refractivity contribution < 1.29 is 14.5 Å². The Morgan fingerprint density at radius 2 is 1.39 bits per heavy atom. The van der Waals surface area contributed by atoms with Crippen LogP contribution in [0.25, 0.3) is 0 Å². The molecule has 0 spiro atoms. The maximum atomic E-state index is 12.9. The lowest BCUT2D eigenvalue weighted by Gasteiger charge is -2.33. The first-order chi connectivity index (χ1) is 13.6. The summed E-state index contributed by atoms with van der Waals surface area (Å²) in [4.78, 5) is 30.2. The second kappa shape index (κ2) is 8.17. The van der Waals surface area contributed by atoms with Crippen LogP contribution < -0.4 is 4.90 Å². The van der Waals surface area contributed by atoms with E-state index in [1.54, 1.807) is 0 Å². The Morgan fingerprint density at radius 1 is 0.821 bits per heavy atom. The summed E-state index contributed by atoms with van der Waals surface area (Å²) in [6.45, 7) is 4.45. The number of hydrogen-bond donors (Lipinski definition) is 1. The average Bonchev–Trinajstić information content (AvgIpc) is 2.94. The molecule has 2 aliphatic heterocycles. The first kappa shape index (κ1) is 18.7. The molecule has 2 aromatic carbocycles. The summed E-state index contributed by atoms with van der Waals surface area (Å²) in [5.41, 5.74) is 2.58. The van der Waals surface area contributed by atoms with Gasteiger partial charge in [-0.1, -0.05) is 72.3 Å². The van der Waals surface area contributed by atoms with Gasteiger partial charge >= 0.3 is 0 Å². The minimum atomic E-state index is -0.399. The zero-order valence-electron chi connectivity index (χ0n) is 15.6. The molecule has 0 unspecified atom stereocenters. The number of halogens is 1. The standard InChI is InChI=1S/C22H22ClN3O2/c23-19-20(22(28)26(21(19)27)16-18-9-5-2-6-10-18)25-13-11-24(12-14-25)15-17-7-3-1-4-8-17/h1-10H,11-16H2/p+1. The SMILES string of the molecule is O=C1C(Cl)=C(N2CC[NH+](Cc3ccccc3)CC2)C(=O)N1Cc1ccccc1. The van der Waals surface area contributed by atoms with E-state index in [4.69, 9.17) is 11.6 Å². The van der Waals surface area contributed by atoms with Gasteiger partial charge in [-0.05, 0) is 5.56 Å². The molecule has 2 amide bonds. The van der Waals surface area contributed by atoms with Crippen LogP contribution in [-0.2, 0) is 22.7 Å². The van der Waals surface area contributed by atoms with Crippen molar-refractivity contribution in [2.75, 3.05) is 26.2 Å². The van der Waals surface area contributed by atoms with E-state index < -0.39 is 5.91 Å². The topological polar surface area (TPSA) is 45.1 Å². The van der Waals surface area contributed by atoms with Crippen molar-refractivity contribution in [3.05, 3.63) is 82.5 Å². The van der Waals surface area contributed by atoms with Crippen LogP contribution in [0.1, 0.15) is 11.1 Å². The third-order valence-corrected chi connectivity index (χ3v) is 5.70. The molecule has 2 heterocycles. The fourth-order valence-electron chi connectivity index (χ4n) is 3.83. The fraction of sp³-hybridized carbons (Fsp3) is 0.273. The van der Waals surface area contributed by atoms with Crippen LogP contribution in [0.4, 0.5) is 0 Å². The van der Waals surface area contributed by atoms with Crippen molar-refractivity contribution in [2.24, 2.45) is 0 Å². The summed E-state index contributed by atoms with van der Waals surface area (Å²) in [5, 5.41) is 0.0486. The number of nitrogens with zero attached hydrogens (tertiary/aromatic N) is 2. The van der Waals surface area contributed by atoms with Gasteiger partial charge in [-0.15, -0.1) is 0 Å². The van der Waals surface area contributed by atoms with Crippen LogP contribution >= 0.6 is 11.6 Å². The van der Waals surface area contributed by atoms with Gasteiger partial charge in [0.05, 0.1) is 32.7 Å². The van der Waals surface area contributed by atoms with Crippen molar-refractivity contribution in [1.29, 1.82) is 0 Å². The maximum Gasteiger partial charge on any atom is 0.279 e. The number of rotatable bonds is 5. The van der Waals surface area contributed by atoms with Crippen LogP contribution in [0.5, 0.6) is 0 Å². The molecule has 5 nitrogen and oxygen atoms in total. The van der Waals surface area contributed by atoms with E-state index in [1.807, 2.05) is 41.3 Å². The lowest BCUT2D eigenvalue weighted by molar-refractivity contribution is -0.917. The number of quaternary nitrogens is 1. The van der Waals surface area contributed by atoms with E-state index in [2.05, 4.69) is 24.3 Å². The molecule has 4 rings (SSSR count). The van der Waals surface area contributed by atoms with Crippen molar-refractivity contribution in [3.8, 4) is 0 Å². The number of benzene rings is 2. The number of piperazine rings is 1. The molecule has 0 radical (unpaired) electrons. The highest BCUT2D eigenvalue weighted by atomic mass is 35.5. The zero-order valence-corrected chi connectivity index (χ0v) is 16.4. The van der Waals surface area contributed by atoms with Crippen LogP contribution in [0.15, 0.2) is 71.4 Å². The van der Waals surface area contributed by atoms with Crippen LogP contribution in [-0.4, -0.2) is 47.8 Å². The van der Waals surface area contributed by atoms with Crippen molar-refractivity contribution in [1.82, 2.24) is 9.80 Å². The number of imide groups is 1. The van der Waals surface area contributed by atoms with E-state index in [0.29, 0.717) is 18.8 Å². The quantitative estimate of drug-likeness (QED) is 0.777. The van der Waals surface area contributed by atoms with Gasteiger partial charge in [0, 0.05) is 5.56 Å². The largest absolute Gasteiger partial charge is 0.354 e. The number of hydrogen-bond acceptors (Lipinski definition) is 3. The highest BCUT2D eigenvalue weighted by Gasteiger charge is 2.41. The predicted octanol–water partition coefficient (Wildman–Crippen LogP) is 1.41. The summed E-state index contributed by atoms with van der Waals surface area (Å²) < 4.78 is 0. The number of amides is 2. The molecule has 6 heteroatoms. The van der Waals surface area contributed by atoms with Gasteiger partial charge in [-0.3, -0.25) is 14.5 Å². The van der Waals surface area contributed by atoms with Gasteiger partial charge < -0.3 is 9.80 Å². The van der Waals surface area contributed by atoms with Crippen LogP contribution in [0.2, 0.25) is 0 Å². The average molecular weight is 397 g/mol. The molecule has 1 N–H and O–H groups in total. The van der Waals surface area contributed by atoms with Crippen LogP contribution in [0, 0.1) is 0 Å². The molecule has 28 heavy (non-hydrogen) atoms. The number of carbonyl (C=O) groups is 2. The summed E-state index contributed by atoms with van der Waals surface area (Å²) in [6, 6.07) is 19.9. The molecule has 0 bridgehead atoms. The number of nitrogens with one attached hydrogen (secondary N) is 1. The zero-order chi connectivity index (χ0) is 19.5. The second-order valence-electron chi connectivity index (χ2n) is 7.24. The van der Waals surface area contributed by atoms with Crippen LogP contribution in [0.3, 0.4) is 0 Å². The molecule has 0 atom stereocenters. The van der Waals surface area contributed by atoms with Crippen molar-refractivity contribution in [2.45, 2.75) is 13.1 Å². The Balaban J connectivity index is 1.40. The molecule has 2 aromatic rings. The van der Waals surface area contributed by atoms with Gasteiger partial charge in [0.15, 0.2) is 0 Å². The second-order valence-corrected chi connectivity index (χ2v) is 7.62. The molecule has 144 valence electrons. The van der Waals surface area contributed by atoms with E-state index in [9.17, 15) is 9.59 Å². The summed E-state index contributed by atoms with van der Waals surface area (Å²) in [5.74, 6) is -0.685. The fourth-order valence-corrected chi connectivity index (χ4v) is 4.13. The van der Waals surface area contributed by atoms with Gasteiger partial charge in [0.1, 0.15) is 17.3 Å². The smallest absolute Gasteiger partial charge is 0.279 e. The van der Waals surface area contributed by atoms with Gasteiger partial charge in [-0.25, -0.2) is 0 Å². The highest BCUT2D eigenvalue weighted by molar-refractivity contribution is 6.47. The molecular weight excluding hydrogens is 374 g/mol. The third kappa shape index (κ3) is 3.81. The van der Waals surface area contributed by atoms with Gasteiger partial charge in [0.25, 0.3) is 11.8 Å². The molecule has 1 fully saturated rings. The van der Waals surface area contributed by atoms with Crippen molar-refractivity contribution in [3.63, 3.8) is 0 Å². The third-order valence-electron chi connectivity index (χ3n) is 5.36. The van der Waals surface area contributed by atoms with E-state index in [1.165, 1.54) is 15.4 Å². The number of carbonyl (C=O) groups excluding carboxylic acids is 2. The summed E-state index contributed by atoms with van der Waals surface area (Å²) in [6.07, 6.45) is 0. The Bertz CT molecular complexity index is 891. The first-order valence-corrected chi connectivity index (χ1v) is 9.93. The molecular formula is C22H23ClN3O2+. The van der Waals surface area contributed by atoms with E-state index in [-0.39, 0.29) is 17.5 Å². The Hall–Kier alpha value is -2.63. The molecule has 0 aliphatic carbocycles. The lowest BCUT2D eigenvalue weighted by atomic mass is 10.2. The van der Waals surface area contributed by atoms with E-state index >= 15 is 0 Å². The summed E-state index contributed by atoms with van der Waals surface area (Å²) in [7, 11) is 0. The normalized spacial score (nSPS) is 18.3. The Labute approximate surface area is 169 Å². The molecule has 0 aromatic heterocycles.